The Morgan fingerprint density at radius 1 is 0.875 bits per heavy atom. The van der Waals surface area contributed by atoms with E-state index in [9.17, 15) is 36.4 Å². The van der Waals surface area contributed by atoms with Gasteiger partial charge in [-0.2, -0.15) is 10.2 Å². The summed E-state index contributed by atoms with van der Waals surface area (Å²) in [5.74, 6) is -3.05. The van der Waals surface area contributed by atoms with Gasteiger partial charge in [-0.15, -0.1) is 0 Å². The Bertz CT molecular complexity index is 1280. The largest absolute Gasteiger partial charge is 1.00 e. The number of carbonyl (C=O) groups is 4. The molecular formula is C20H28BrN4NaO12S2. The molecule has 0 amide bonds. The van der Waals surface area contributed by atoms with Crippen LogP contribution in [0.15, 0.2) is 21.8 Å². The molecule has 0 N–H and O–H groups in total. The fraction of sp³-hybridized carbons (Fsp3) is 0.500. The first kappa shape index (κ1) is 40.0. The smallest absolute Gasteiger partial charge is 0.772 e. The molecule has 0 aromatic carbocycles. The summed E-state index contributed by atoms with van der Waals surface area (Å²) in [6.07, 6.45) is 2.52. The monoisotopic (exact) mass is 682 g/mol. The normalized spacial score (nSPS) is 10.8. The van der Waals surface area contributed by atoms with Crippen molar-refractivity contribution in [1.82, 2.24) is 19.6 Å². The van der Waals surface area contributed by atoms with Gasteiger partial charge in [0.05, 0.1) is 51.5 Å². The van der Waals surface area contributed by atoms with Crippen LogP contribution in [0.25, 0.3) is 0 Å². The van der Waals surface area contributed by atoms with Crippen molar-refractivity contribution in [2.24, 2.45) is 14.1 Å². The van der Waals surface area contributed by atoms with Gasteiger partial charge in [-0.1, -0.05) is 11.1 Å². The summed E-state index contributed by atoms with van der Waals surface area (Å²) in [4.78, 5) is 43.3. The zero-order valence-electron chi connectivity index (χ0n) is 22.9. The van der Waals surface area contributed by atoms with Crippen LogP contribution in [0.1, 0.15) is 33.8 Å². The van der Waals surface area contributed by atoms with Crippen LogP contribution < -0.4 is 29.6 Å². The standard InChI is InChI=1S/C10H14N2O6S.C6H7BrN2O2.C4H8O4S.Na/c1-12-6-7(9(11-12)10(14)18-3)19(15,16)5-4-8(13)17-2;1-9-3-4(7)5(8-9)6(10)11-2;1-8-4(5)2-3-9(6)7;/h6H,4-5H2,1-3H3;3H,1-2H3;2-3H2,1H3,(H,6,7);/q;;;+1/p-1. The summed E-state index contributed by atoms with van der Waals surface area (Å²) in [5.41, 5.74) is 0.00451. The summed E-state index contributed by atoms with van der Waals surface area (Å²) < 4.78 is 64.6. The predicted octanol–water partition coefficient (Wildman–Crippen LogP) is -3.05. The van der Waals surface area contributed by atoms with Crippen LogP contribution in [-0.4, -0.2) is 101 Å². The van der Waals surface area contributed by atoms with E-state index in [2.05, 4.69) is 45.1 Å². The molecule has 0 saturated heterocycles. The van der Waals surface area contributed by atoms with E-state index in [1.165, 1.54) is 43.9 Å². The van der Waals surface area contributed by atoms with E-state index in [-0.39, 0.29) is 58.7 Å². The van der Waals surface area contributed by atoms with Gasteiger partial charge in [0.2, 0.25) is 0 Å². The molecule has 16 nitrogen and oxygen atoms in total. The van der Waals surface area contributed by atoms with Crippen LogP contribution >= 0.6 is 15.9 Å². The average molecular weight is 683 g/mol. The Kier molecular flexibility index (Phi) is 19.8. The molecule has 2 aromatic heterocycles. The maximum absolute atomic E-state index is 12.0. The molecule has 0 spiro atoms. The molecule has 0 aliphatic heterocycles. The van der Waals surface area contributed by atoms with Crippen LogP contribution in [0.3, 0.4) is 0 Å². The number of nitrogens with zero attached hydrogens (tertiary/aromatic N) is 4. The third-order valence-electron chi connectivity index (χ3n) is 4.18. The van der Waals surface area contributed by atoms with Crippen molar-refractivity contribution >= 4 is 60.7 Å². The predicted molar refractivity (Wildman–Crippen MR) is 136 cm³/mol. The summed E-state index contributed by atoms with van der Waals surface area (Å²) in [5, 5.41) is 7.62. The van der Waals surface area contributed by atoms with Crippen LogP contribution in [0, 0.1) is 0 Å². The van der Waals surface area contributed by atoms with Crippen LogP contribution in [-0.2, 0) is 63.5 Å². The van der Waals surface area contributed by atoms with Crippen molar-refractivity contribution in [3.8, 4) is 0 Å². The molecule has 20 heteroatoms. The van der Waals surface area contributed by atoms with E-state index in [1.807, 2.05) is 0 Å². The molecule has 0 fully saturated rings. The fourth-order valence-corrected chi connectivity index (χ4v) is 4.58. The first-order valence-corrected chi connectivity index (χ1v) is 14.1. The first-order valence-electron chi connectivity index (χ1n) is 10.4. The second kappa shape index (κ2) is 19.8. The summed E-state index contributed by atoms with van der Waals surface area (Å²) in [6, 6.07) is 0. The summed E-state index contributed by atoms with van der Waals surface area (Å²) >= 11 is 1.04. The average Bonchev–Trinajstić information content (AvgIpc) is 3.46. The number of aromatic nitrogens is 4. The van der Waals surface area contributed by atoms with E-state index in [0.29, 0.717) is 10.2 Å². The minimum absolute atomic E-state index is 0. The van der Waals surface area contributed by atoms with Gasteiger partial charge >= 0.3 is 53.4 Å². The van der Waals surface area contributed by atoms with E-state index >= 15 is 0 Å². The van der Waals surface area contributed by atoms with E-state index in [1.54, 1.807) is 13.2 Å². The van der Waals surface area contributed by atoms with Gasteiger partial charge < -0.3 is 23.5 Å². The number of halogens is 1. The quantitative estimate of drug-likeness (QED) is 0.111. The van der Waals surface area contributed by atoms with E-state index in [4.69, 9.17) is 0 Å². The number of hydrogen-bond donors (Lipinski definition) is 0. The number of esters is 4. The van der Waals surface area contributed by atoms with Crippen molar-refractivity contribution in [2.45, 2.75) is 17.7 Å². The number of sulfone groups is 1. The second-order valence-electron chi connectivity index (χ2n) is 6.98. The maximum atomic E-state index is 12.0. The molecule has 2 heterocycles. The minimum atomic E-state index is -3.82. The number of hydrogen-bond acceptors (Lipinski definition) is 14. The Hall–Kier alpha value is -2.16. The number of carbonyl (C=O) groups excluding carboxylic acids is 4. The summed E-state index contributed by atoms with van der Waals surface area (Å²) in [7, 11) is 4.23. The number of rotatable bonds is 9. The topological polar surface area (TPSA) is 215 Å². The van der Waals surface area contributed by atoms with Crippen molar-refractivity contribution in [2.75, 3.05) is 39.9 Å². The number of methoxy groups -OCH3 is 4. The number of ether oxygens (including phenoxy) is 4. The summed E-state index contributed by atoms with van der Waals surface area (Å²) in [6.45, 7) is 0. The van der Waals surface area contributed by atoms with Crippen LogP contribution in [0.4, 0.5) is 0 Å². The molecule has 1 atom stereocenters. The molecule has 40 heavy (non-hydrogen) atoms. The van der Waals surface area contributed by atoms with Crippen molar-refractivity contribution < 1.29 is 84.9 Å². The third kappa shape index (κ3) is 14.5. The Morgan fingerprint density at radius 2 is 1.32 bits per heavy atom. The zero-order chi connectivity index (χ0) is 30.3. The number of aryl methyl sites for hydroxylation is 2. The van der Waals surface area contributed by atoms with Gasteiger partial charge in [-0.25, -0.2) is 18.0 Å². The van der Waals surface area contributed by atoms with Gasteiger partial charge in [-0.3, -0.25) is 23.2 Å². The van der Waals surface area contributed by atoms with E-state index < -0.39 is 50.5 Å². The maximum Gasteiger partial charge on any atom is 1.00 e. The molecule has 1 unspecified atom stereocenters. The zero-order valence-corrected chi connectivity index (χ0v) is 28.1. The van der Waals surface area contributed by atoms with Crippen molar-refractivity contribution in [3.05, 3.63) is 28.3 Å². The molecular weight excluding hydrogens is 655 g/mol. The SMILES string of the molecule is COC(=O)CCS(=O)(=O)c1cn(C)nc1C(=O)OC.COC(=O)CCS(=O)[O-].COC(=O)c1nn(C)cc1Br.[Na+]. The van der Waals surface area contributed by atoms with Crippen molar-refractivity contribution in [1.29, 1.82) is 0 Å². The molecule has 2 rings (SSSR count). The van der Waals surface area contributed by atoms with Crippen LogP contribution in [0.5, 0.6) is 0 Å². The van der Waals surface area contributed by atoms with E-state index in [0.717, 1.165) is 7.11 Å². The molecule has 220 valence electrons. The molecule has 0 saturated carbocycles. The second-order valence-corrected chi connectivity index (χ2v) is 10.9. The minimum Gasteiger partial charge on any atom is -0.772 e. The van der Waals surface area contributed by atoms with Crippen molar-refractivity contribution in [3.63, 3.8) is 0 Å². The van der Waals surface area contributed by atoms with Gasteiger partial charge in [-0.05, 0) is 15.9 Å². The molecule has 0 bridgehead atoms. The van der Waals surface area contributed by atoms with Crippen LogP contribution in [0.2, 0.25) is 0 Å². The van der Waals surface area contributed by atoms with Gasteiger partial charge in [0.15, 0.2) is 21.2 Å². The molecule has 0 aliphatic rings. The fourth-order valence-electron chi connectivity index (χ4n) is 2.33. The third-order valence-corrected chi connectivity index (χ3v) is 7.00. The van der Waals surface area contributed by atoms with Gasteiger partial charge in [0, 0.05) is 32.2 Å². The Balaban J connectivity index is 0. The van der Waals surface area contributed by atoms with Gasteiger partial charge in [0.25, 0.3) is 0 Å². The Labute approximate surface area is 263 Å². The first-order chi connectivity index (χ1) is 18.1. The van der Waals surface area contributed by atoms with Gasteiger partial charge in [0.1, 0.15) is 4.90 Å². The Morgan fingerprint density at radius 3 is 1.75 bits per heavy atom. The molecule has 0 radical (unpaired) electrons. The molecule has 2 aromatic rings. The molecule has 0 aliphatic carbocycles.